The third kappa shape index (κ3) is 9.49. The Kier molecular flexibility index (Phi) is 12.5. The van der Waals surface area contributed by atoms with Gasteiger partial charge in [0, 0.05) is 30.6 Å². The van der Waals surface area contributed by atoms with Crippen LogP contribution < -0.4 is 10.6 Å². The molecule has 0 unspecified atom stereocenters. The van der Waals surface area contributed by atoms with E-state index in [2.05, 4.69) is 91.0 Å². The molecule has 3 N–H and O–H groups in total. The van der Waals surface area contributed by atoms with Crippen LogP contribution in [0.2, 0.25) is 0 Å². The molecule has 53 heavy (non-hydrogen) atoms. The summed E-state index contributed by atoms with van der Waals surface area (Å²) in [7, 11) is 2.15. The monoisotopic (exact) mass is 715 g/mol. The first-order chi connectivity index (χ1) is 25.7. The van der Waals surface area contributed by atoms with E-state index in [1.165, 1.54) is 16.3 Å². The molecule has 5 atom stereocenters. The fourth-order valence-corrected chi connectivity index (χ4v) is 6.80. The van der Waals surface area contributed by atoms with Gasteiger partial charge in [0.1, 0.15) is 6.54 Å². The molecule has 1 fully saturated rings. The van der Waals surface area contributed by atoms with Crippen molar-refractivity contribution < 1.29 is 28.9 Å². The average molecular weight is 716 g/mol. The number of carbonyl (C=O) groups excluding carboxylic acids is 2. The summed E-state index contributed by atoms with van der Waals surface area (Å²) in [5.41, 5.74) is 7.03. The molecule has 0 saturated carbocycles. The minimum Gasteiger partial charge on any atom is -0.465 e. The normalized spacial score (nSPS) is 19.1. The van der Waals surface area contributed by atoms with Crippen molar-refractivity contribution in [2.45, 2.75) is 58.5 Å². The lowest BCUT2D eigenvalue weighted by molar-refractivity contribution is -0.276. The lowest BCUT2D eigenvalue weighted by Crippen LogP contribution is -2.44. The molecule has 1 heterocycles. The number of amides is 2. The number of hydrogen-bond acceptors (Lipinski definition) is 7. The highest BCUT2D eigenvalue weighted by Gasteiger charge is 2.39. The number of fused-ring (bicyclic) bond motifs is 1. The highest BCUT2D eigenvalue weighted by Crippen LogP contribution is 2.42. The third-order valence-electron chi connectivity index (χ3n) is 10.1. The van der Waals surface area contributed by atoms with E-state index in [1.807, 2.05) is 60.7 Å². The van der Waals surface area contributed by atoms with Crippen LogP contribution in [0, 0.1) is 5.92 Å². The summed E-state index contributed by atoms with van der Waals surface area (Å²) in [6, 6.07) is 39.0. The van der Waals surface area contributed by atoms with Crippen LogP contribution in [0.15, 0.2) is 115 Å². The van der Waals surface area contributed by atoms with E-state index in [1.54, 1.807) is 6.92 Å². The van der Waals surface area contributed by atoms with Crippen molar-refractivity contribution in [2.24, 2.45) is 5.92 Å². The maximum atomic E-state index is 12.2. The average Bonchev–Trinajstić information content (AvgIpc) is 3.20. The molecule has 0 bridgehead atoms. The van der Waals surface area contributed by atoms with Gasteiger partial charge in [0.2, 0.25) is 0 Å². The lowest BCUT2D eigenvalue weighted by Gasteiger charge is -2.43. The maximum Gasteiger partial charge on any atom is 0.325 e. The molecule has 5 aromatic rings. The number of esters is 1. The van der Waals surface area contributed by atoms with Gasteiger partial charge >= 0.3 is 12.0 Å². The van der Waals surface area contributed by atoms with Crippen molar-refractivity contribution in [3.63, 3.8) is 0 Å². The third-order valence-corrected chi connectivity index (χ3v) is 10.1. The van der Waals surface area contributed by atoms with Crippen LogP contribution in [-0.4, -0.2) is 54.9 Å². The van der Waals surface area contributed by atoms with Gasteiger partial charge in [-0.25, -0.2) is 4.79 Å². The number of benzene rings is 5. The number of likely N-dealkylation sites (N-methyl/N-ethyl adjacent to an activating group) is 1. The molecule has 0 radical (unpaired) electrons. The Labute approximate surface area is 311 Å². The summed E-state index contributed by atoms with van der Waals surface area (Å²) < 4.78 is 18.4. The van der Waals surface area contributed by atoms with E-state index in [0.717, 1.165) is 33.4 Å². The number of urea groups is 1. The lowest BCUT2D eigenvalue weighted by atomic mass is 9.89. The SMILES string of the molecule is CCOC(=O)CNC(=O)NCc1cccc(-c2ccc([C@H]3O[C@@H](CN(C)[C@H](C)c4ccc5ccccc5c4)[C@@H](C)[C@@H](c4ccc(CO)cc4)O3)cc2)c1. The fraction of sp³-hybridized carbons (Fsp3) is 0.318. The molecule has 9 heteroatoms. The van der Waals surface area contributed by atoms with Gasteiger partial charge in [-0.3, -0.25) is 9.69 Å². The zero-order valence-electron chi connectivity index (χ0n) is 30.8. The maximum absolute atomic E-state index is 12.2. The summed E-state index contributed by atoms with van der Waals surface area (Å²) in [6.07, 6.45) is -0.919. The first kappa shape index (κ1) is 37.7. The second-order valence-electron chi connectivity index (χ2n) is 13.7. The van der Waals surface area contributed by atoms with E-state index < -0.39 is 18.3 Å². The van der Waals surface area contributed by atoms with Crippen molar-refractivity contribution in [2.75, 3.05) is 26.7 Å². The van der Waals surface area contributed by atoms with Gasteiger partial charge in [-0.05, 0) is 77.2 Å². The first-order valence-electron chi connectivity index (χ1n) is 18.3. The summed E-state index contributed by atoms with van der Waals surface area (Å²) in [4.78, 5) is 26.1. The molecule has 0 aliphatic carbocycles. The Morgan fingerprint density at radius 2 is 1.55 bits per heavy atom. The largest absolute Gasteiger partial charge is 0.465 e. The van der Waals surface area contributed by atoms with Crippen LogP contribution in [-0.2, 0) is 32.2 Å². The molecule has 2 amide bonds. The van der Waals surface area contributed by atoms with Gasteiger partial charge in [0.05, 0.1) is 25.4 Å². The molecule has 6 rings (SSSR count). The van der Waals surface area contributed by atoms with Crippen LogP contribution in [0.5, 0.6) is 0 Å². The van der Waals surface area contributed by atoms with Crippen molar-refractivity contribution in [3.8, 4) is 11.1 Å². The highest BCUT2D eigenvalue weighted by atomic mass is 16.7. The van der Waals surface area contributed by atoms with E-state index in [0.29, 0.717) is 13.1 Å². The minimum atomic E-state index is -0.583. The summed E-state index contributed by atoms with van der Waals surface area (Å²) in [5.74, 6) is -0.423. The Morgan fingerprint density at radius 1 is 0.811 bits per heavy atom. The van der Waals surface area contributed by atoms with E-state index in [9.17, 15) is 14.7 Å². The first-order valence-corrected chi connectivity index (χ1v) is 18.3. The molecule has 5 aromatic carbocycles. The number of aliphatic hydroxyl groups excluding tert-OH is 1. The van der Waals surface area contributed by atoms with Crippen molar-refractivity contribution in [3.05, 3.63) is 143 Å². The quantitative estimate of drug-likeness (QED) is 0.107. The van der Waals surface area contributed by atoms with Gasteiger partial charge < -0.3 is 30.0 Å². The number of aliphatic hydroxyl groups is 1. The number of nitrogens with zero attached hydrogens (tertiary/aromatic N) is 1. The number of rotatable bonds is 13. The van der Waals surface area contributed by atoms with E-state index in [4.69, 9.17) is 14.2 Å². The zero-order valence-corrected chi connectivity index (χ0v) is 30.8. The van der Waals surface area contributed by atoms with Gasteiger partial charge in [-0.2, -0.15) is 0 Å². The van der Waals surface area contributed by atoms with Crippen LogP contribution in [0.25, 0.3) is 21.9 Å². The van der Waals surface area contributed by atoms with Crippen LogP contribution in [0.3, 0.4) is 0 Å². The Balaban J connectivity index is 1.17. The van der Waals surface area contributed by atoms with Gasteiger partial charge in [0.15, 0.2) is 6.29 Å². The van der Waals surface area contributed by atoms with Gasteiger partial charge in [-0.1, -0.05) is 110 Å². The predicted molar refractivity (Wildman–Crippen MR) is 207 cm³/mol. The van der Waals surface area contributed by atoms with Crippen molar-refractivity contribution >= 4 is 22.8 Å². The smallest absolute Gasteiger partial charge is 0.325 e. The number of hydrogen-bond donors (Lipinski definition) is 3. The molecule has 1 aliphatic heterocycles. The molecular formula is C44H49N3O6. The van der Waals surface area contributed by atoms with Crippen LogP contribution in [0.4, 0.5) is 4.79 Å². The summed E-state index contributed by atoms with van der Waals surface area (Å²) in [6.45, 7) is 7.23. The molecule has 1 saturated heterocycles. The standard InChI is InChI=1S/C44H49N3O6/c1-5-51-41(49)26-46-44(50)45-25-32-9-8-12-38(23-32)34-17-20-36(21-18-34)43-52-40(29(2)42(53-43)35-15-13-31(28-48)14-16-35)27-47(4)30(3)37-22-19-33-10-6-7-11-39(33)24-37/h6-24,29-30,40,42-43,48H,5,25-28H2,1-4H3,(H2,45,46,50)/t29-,30-,40+,42+,43+/m1/s1. The molecule has 276 valence electrons. The molecule has 0 aromatic heterocycles. The minimum absolute atomic E-state index is 0.00853. The number of ether oxygens (including phenoxy) is 3. The van der Waals surface area contributed by atoms with Crippen LogP contribution in [0.1, 0.15) is 67.0 Å². The number of nitrogens with one attached hydrogen (secondary N) is 2. The summed E-state index contributed by atoms with van der Waals surface area (Å²) in [5, 5.41) is 17.4. The molecular weight excluding hydrogens is 666 g/mol. The van der Waals surface area contributed by atoms with Gasteiger partial charge in [-0.15, -0.1) is 0 Å². The summed E-state index contributed by atoms with van der Waals surface area (Å²) >= 11 is 0. The van der Waals surface area contributed by atoms with Crippen molar-refractivity contribution in [1.82, 2.24) is 15.5 Å². The Hall–Kier alpha value is -5.06. The van der Waals surface area contributed by atoms with Crippen LogP contribution >= 0.6 is 0 Å². The second kappa shape index (κ2) is 17.6. The predicted octanol–water partition coefficient (Wildman–Crippen LogP) is 7.85. The Morgan fingerprint density at radius 3 is 2.28 bits per heavy atom. The molecule has 9 nitrogen and oxygen atoms in total. The van der Waals surface area contributed by atoms with E-state index >= 15 is 0 Å². The fourth-order valence-electron chi connectivity index (χ4n) is 6.80. The number of carbonyl (C=O) groups is 2. The van der Waals surface area contributed by atoms with E-state index in [-0.39, 0.29) is 43.9 Å². The topological polar surface area (TPSA) is 109 Å². The van der Waals surface area contributed by atoms with Gasteiger partial charge in [0.25, 0.3) is 0 Å². The second-order valence-corrected chi connectivity index (χ2v) is 13.7. The van der Waals surface area contributed by atoms with Crippen molar-refractivity contribution in [1.29, 1.82) is 0 Å². The highest BCUT2D eigenvalue weighted by molar-refractivity contribution is 5.83. The molecule has 0 spiro atoms. The Bertz CT molecular complexity index is 1980. The molecule has 1 aliphatic rings. The zero-order chi connectivity index (χ0) is 37.3.